The first kappa shape index (κ1) is 18.1. The van der Waals surface area contributed by atoms with E-state index < -0.39 is 0 Å². The van der Waals surface area contributed by atoms with Crippen LogP contribution in [-0.2, 0) is 17.8 Å². The van der Waals surface area contributed by atoms with Crippen molar-refractivity contribution in [2.75, 3.05) is 5.32 Å². The summed E-state index contributed by atoms with van der Waals surface area (Å²) in [6.07, 6.45) is 5.66. The van der Waals surface area contributed by atoms with Crippen molar-refractivity contribution in [3.63, 3.8) is 0 Å². The summed E-state index contributed by atoms with van der Waals surface area (Å²) >= 11 is 5.22. The Balaban J connectivity index is 1.46. The van der Waals surface area contributed by atoms with Crippen molar-refractivity contribution in [1.29, 1.82) is 0 Å². The van der Waals surface area contributed by atoms with Crippen molar-refractivity contribution in [1.82, 2.24) is 24.1 Å². The fraction of sp³-hybridized carbons (Fsp3) is 0.200. The zero-order valence-electron chi connectivity index (χ0n) is 15.4. The largest absolute Gasteiger partial charge is 0.325 e. The number of carbonyl (C=O) groups is 1. The van der Waals surface area contributed by atoms with E-state index >= 15 is 0 Å². The normalized spacial score (nSPS) is 11.0. The lowest BCUT2D eigenvalue weighted by Crippen LogP contribution is -2.20. The van der Waals surface area contributed by atoms with Gasteiger partial charge in [-0.25, -0.2) is 4.98 Å². The van der Waals surface area contributed by atoms with Crippen LogP contribution in [0.2, 0.25) is 0 Å². The van der Waals surface area contributed by atoms with Gasteiger partial charge in [-0.2, -0.15) is 5.10 Å². The quantitative estimate of drug-likeness (QED) is 0.489. The van der Waals surface area contributed by atoms with Crippen LogP contribution in [0.15, 0.2) is 54.9 Å². The first-order valence-electron chi connectivity index (χ1n) is 9.12. The van der Waals surface area contributed by atoms with Crippen LogP contribution in [0.25, 0.3) is 16.9 Å². The first-order chi connectivity index (χ1) is 13.6. The number of benzene rings is 1. The Labute approximate surface area is 167 Å². The highest BCUT2D eigenvalue weighted by Crippen LogP contribution is 2.21. The van der Waals surface area contributed by atoms with Crippen molar-refractivity contribution < 1.29 is 4.79 Å². The Morgan fingerprint density at radius 1 is 1.21 bits per heavy atom. The predicted molar refractivity (Wildman–Crippen MR) is 111 cm³/mol. The average molecular weight is 392 g/mol. The lowest BCUT2D eigenvalue weighted by molar-refractivity contribution is -0.116. The fourth-order valence-corrected chi connectivity index (χ4v) is 3.29. The van der Waals surface area contributed by atoms with Gasteiger partial charge >= 0.3 is 0 Å². The first-order valence-corrected chi connectivity index (χ1v) is 9.53. The van der Waals surface area contributed by atoms with Crippen LogP contribution in [0.3, 0.4) is 0 Å². The van der Waals surface area contributed by atoms with Crippen LogP contribution < -0.4 is 5.32 Å². The number of nitrogens with zero attached hydrogens (tertiary/aromatic N) is 4. The van der Waals surface area contributed by atoms with Gasteiger partial charge in [-0.1, -0.05) is 25.1 Å². The van der Waals surface area contributed by atoms with Gasteiger partial charge in [-0.05, 0) is 42.9 Å². The summed E-state index contributed by atoms with van der Waals surface area (Å²) in [5, 5.41) is 9.85. The van der Waals surface area contributed by atoms with Crippen molar-refractivity contribution >= 4 is 29.5 Å². The van der Waals surface area contributed by atoms with E-state index in [-0.39, 0.29) is 12.5 Å². The number of hydrogen-bond acceptors (Lipinski definition) is 4. The van der Waals surface area contributed by atoms with E-state index in [1.165, 1.54) is 0 Å². The third-order valence-electron chi connectivity index (χ3n) is 4.44. The monoisotopic (exact) mass is 392 g/mol. The summed E-state index contributed by atoms with van der Waals surface area (Å²) in [5.41, 5.74) is 3.50. The second-order valence-electron chi connectivity index (χ2n) is 6.50. The van der Waals surface area contributed by atoms with Crippen LogP contribution >= 0.6 is 12.2 Å². The molecule has 0 aliphatic heterocycles. The summed E-state index contributed by atoms with van der Waals surface area (Å²) in [4.78, 5) is 17.0. The number of aryl methyl sites for hydroxylation is 1. The highest BCUT2D eigenvalue weighted by molar-refractivity contribution is 7.71. The molecule has 0 aliphatic carbocycles. The van der Waals surface area contributed by atoms with E-state index in [1.54, 1.807) is 4.57 Å². The third kappa shape index (κ3) is 3.72. The van der Waals surface area contributed by atoms with E-state index in [4.69, 9.17) is 12.2 Å². The molecule has 0 bridgehead atoms. The number of pyridine rings is 1. The molecule has 3 heterocycles. The Morgan fingerprint density at radius 3 is 2.79 bits per heavy atom. The second kappa shape index (κ2) is 7.77. The summed E-state index contributed by atoms with van der Waals surface area (Å²) < 4.78 is 4.17. The maximum atomic E-state index is 12.4. The molecule has 2 N–H and O–H groups in total. The van der Waals surface area contributed by atoms with Gasteiger partial charge < -0.3 is 9.72 Å². The number of aromatic amines is 1. The molecule has 7 nitrogen and oxygen atoms in total. The number of imidazole rings is 1. The standard InChI is InChI=1S/C20H20N6OS/c1-2-5-18-23-24-20(28)26(18)13-19(27)21-15-9-7-14(8-10-15)16-12-25-11-4-3-6-17(25)22-16/h3-4,6-12H,2,5,13H2,1H3,(H,21,27)(H,24,28). The van der Waals surface area contributed by atoms with Gasteiger partial charge in [-0.3, -0.25) is 14.5 Å². The number of rotatable bonds is 6. The number of carbonyl (C=O) groups excluding carboxylic acids is 1. The van der Waals surface area contributed by atoms with E-state index in [1.807, 2.05) is 59.3 Å². The van der Waals surface area contributed by atoms with Gasteiger partial charge in [-0.15, -0.1) is 0 Å². The van der Waals surface area contributed by atoms with Crippen molar-refractivity contribution in [3.05, 3.63) is 65.5 Å². The smallest absolute Gasteiger partial charge is 0.244 e. The maximum absolute atomic E-state index is 12.4. The van der Waals surface area contributed by atoms with Gasteiger partial charge in [0.25, 0.3) is 0 Å². The van der Waals surface area contributed by atoms with E-state index in [2.05, 4.69) is 27.4 Å². The van der Waals surface area contributed by atoms with Gasteiger partial charge in [0, 0.05) is 30.1 Å². The maximum Gasteiger partial charge on any atom is 0.244 e. The number of amides is 1. The van der Waals surface area contributed by atoms with Crippen LogP contribution in [0.4, 0.5) is 5.69 Å². The van der Waals surface area contributed by atoms with E-state index in [0.29, 0.717) is 4.77 Å². The van der Waals surface area contributed by atoms with Crippen LogP contribution in [0.1, 0.15) is 19.2 Å². The topological polar surface area (TPSA) is 80.0 Å². The van der Waals surface area contributed by atoms with Crippen LogP contribution in [-0.4, -0.2) is 30.1 Å². The number of hydrogen-bond donors (Lipinski definition) is 2. The summed E-state index contributed by atoms with van der Waals surface area (Å²) in [6.45, 7) is 2.20. The molecular weight excluding hydrogens is 372 g/mol. The molecule has 0 saturated carbocycles. The summed E-state index contributed by atoms with van der Waals surface area (Å²) in [6, 6.07) is 13.5. The van der Waals surface area contributed by atoms with Gasteiger partial charge in [0.2, 0.25) is 5.91 Å². The molecular formula is C20H20N6OS. The SMILES string of the molecule is CCCc1n[nH]c(=S)n1CC(=O)Nc1ccc(-c2cn3ccccc3n2)cc1. The zero-order chi connectivity index (χ0) is 19.5. The predicted octanol–water partition coefficient (Wildman–Crippen LogP) is 3.85. The zero-order valence-corrected chi connectivity index (χ0v) is 16.2. The molecule has 0 atom stereocenters. The lowest BCUT2D eigenvalue weighted by Gasteiger charge is -2.08. The molecule has 0 aliphatic rings. The number of anilines is 1. The minimum atomic E-state index is -0.143. The molecule has 0 spiro atoms. The molecule has 0 unspecified atom stereocenters. The average Bonchev–Trinajstić information content (AvgIpc) is 3.27. The molecule has 8 heteroatoms. The minimum Gasteiger partial charge on any atom is -0.325 e. The van der Waals surface area contributed by atoms with Crippen LogP contribution in [0, 0.1) is 4.77 Å². The fourth-order valence-electron chi connectivity index (χ4n) is 3.07. The highest BCUT2D eigenvalue weighted by Gasteiger charge is 2.11. The molecule has 3 aromatic heterocycles. The Kier molecular flexibility index (Phi) is 5.03. The molecule has 0 radical (unpaired) electrons. The molecule has 1 amide bonds. The van der Waals surface area contributed by atoms with Crippen LogP contribution in [0.5, 0.6) is 0 Å². The van der Waals surface area contributed by atoms with Gasteiger partial charge in [0.05, 0.1) is 5.69 Å². The molecule has 0 fully saturated rings. The molecule has 1 aromatic carbocycles. The number of nitrogens with one attached hydrogen (secondary N) is 2. The lowest BCUT2D eigenvalue weighted by atomic mass is 10.1. The number of aromatic nitrogens is 5. The van der Waals surface area contributed by atoms with Crippen molar-refractivity contribution in [2.45, 2.75) is 26.3 Å². The summed E-state index contributed by atoms with van der Waals surface area (Å²) in [7, 11) is 0. The molecule has 28 heavy (non-hydrogen) atoms. The molecule has 0 saturated heterocycles. The Morgan fingerprint density at radius 2 is 2.04 bits per heavy atom. The number of H-pyrrole nitrogens is 1. The van der Waals surface area contributed by atoms with Gasteiger partial charge in [0.1, 0.15) is 18.0 Å². The molecule has 4 rings (SSSR count). The van der Waals surface area contributed by atoms with Gasteiger partial charge in [0.15, 0.2) is 4.77 Å². The summed E-state index contributed by atoms with van der Waals surface area (Å²) in [5.74, 6) is 0.653. The number of fused-ring (bicyclic) bond motifs is 1. The molecule has 142 valence electrons. The van der Waals surface area contributed by atoms with E-state index in [9.17, 15) is 4.79 Å². The van der Waals surface area contributed by atoms with Crippen molar-refractivity contribution in [2.24, 2.45) is 0 Å². The van der Waals surface area contributed by atoms with E-state index in [0.717, 1.165) is 41.3 Å². The van der Waals surface area contributed by atoms with Crippen molar-refractivity contribution in [3.8, 4) is 11.3 Å². The second-order valence-corrected chi connectivity index (χ2v) is 6.89. The third-order valence-corrected chi connectivity index (χ3v) is 4.75. The Bertz CT molecular complexity index is 1140. The molecule has 4 aromatic rings. The minimum absolute atomic E-state index is 0.138. The highest BCUT2D eigenvalue weighted by atomic mass is 32.1. The Hall–Kier alpha value is -3.26.